The van der Waals surface area contributed by atoms with Gasteiger partial charge in [-0.25, -0.2) is 0 Å². The summed E-state index contributed by atoms with van der Waals surface area (Å²) in [7, 11) is 1.47. The Bertz CT molecular complexity index is 711. The van der Waals surface area contributed by atoms with Crippen molar-refractivity contribution in [2.75, 3.05) is 17.7 Å². The molecule has 2 amide bonds. The molecule has 0 aromatic heterocycles. The van der Waals surface area contributed by atoms with E-state index in [4.69, 9.17) is 4.74 Å². The second-order valence-corrected chi connectivity index (χ2v) is 7.16. The molecule has 1 aliphatic carbocycles. The molecule has 0 bridgehead atoms. The highest BCUT2D eigenvalue weighted by Crippen LogP contribution is 2.58. The first-order valence-electron chi connectivity index (χ1n) is 8.12. The summed E-state index contributed by atoms with van der Waals surface area (Å²) in [4.78, 5) is 35.4. The molecule has 1 saturated carbocycles. The first kappa shape index (κ1) is 18.8. The Morgan fingerprint density at radius 2 is 1.80 bits per heavy atom. The van der Waals surface area contributed by atoms with Crippen molar-refractivity contribution in [2.24, 2.45) is 23.2 Å². The number of hydrogen-bond acceptors (Lipinski definition) is 4. The number of nitrogens with one attached hydrogen (secondary N) is 2. The number of methoxy groups -OCH3 is 1. The second kappa shape index (κ2) is 6.74. The van der Waals surface area contributed by atoms with Crippen molar-refractivity contribution in [2.45, 2.75) is 27.7 Å². The third-order valence-electron chi connectivity index (χ3n) is 4.63. The van der Waals surface area contributed by atoms with Gasteiger partial charge >= 0.3 is 5.97 Å². The van der Waals surface area contributed by atoms with Crippen molar-refractivity contribution in [3.8, 4) is 5.75 Å². The van der Waals surface area contributed by atoms with Crippen LogP contribution in [0.15, 0.2) is 18.2 Å². The number of hydrogen-bond donors (Lipinski definition) is 3. The van der Waals surface area contributed by atoms with Crippen LogP contribution >= 0.6 is 0 Å². The van der Waals surface area contributed by atoms with Gasteiger partial charge in [0.05, 0.1) is 24.6 Å². The maximum absolute atomic E-state index is 12.4. The number of anilines is 2. The first-order chi connectivity index (χ1) is 11.6. The van der Waals surface area contributed by atoms with Gasteiger partial charge in [-0.15, -0.1) is 0 Å². The predicted molar refractivity (Wildman–Crippen MR) is 93.5 cm³/mol. The molecule has 0 saturated heterocycles. The largest absolute Gasteiger partial charge is 0.494 e. The third-order valence-corrected chi connectivity index (χ3v) is 4.63. The van der Waals surface area contributed by atoms with Crippen LogP contribution < -0.4 is 15.4 Å². The van der Waals surface area contributed by atoms with E-state index in [-0.39, 0.29) is 17.7 Å². The van der Waals surface area contributed by atoms with Crippen molar-refractivity contribution < 1.29 is 24.2 Å². The molecule has 1 aromatic carbocycles. The Morgan fingerprint density at radius 3 is 2.28 bits per heavy atom. The van der Waals surface area contributed by atoms with Crippen LogP contribution in [0.5, 0.6) is 5.75 Å². The predicted octanol–water partition coefficient (Wildman–Crippen LogP) is 2.59. The molecule has 1 fully saturated rings. The molecule has 1 aliphatic rings. The number of carboxylic acid groups (broad SMARTS) is 1. The average Bonchev–Trinajstić information content (AvgIpc) is 3.11. The summed E-state index contributed by atoms with van der Waals surface area (Å²) in [6.45, 7) is 7.10. The zero-order chi connectivity index (χ0) is 18.9. The van der Waals surface area contributed by atoms with Crippen LogP contribution in [-0.2, 0) is 14.4 Å². The molecule has 1 aromatic rings. The summed E-state index contributed by atoms with van der Waals surface area (Å²) in [5.41, 5.74) is 0.427. The van der Waals surface area contributed by atoms with Crippen LogP contribution in [0.4, 0.5) is 11.4 Å². The van der Waals surface area contributed by atoms with Crippen LogP contribution in [-0.4, -0.2) is 30.0 Å². The van der Waals surface area contributed by atoms with E-state index in [1.54, 1.807) is 45.9 Å². The van der Waals surface area contributed by atoms with Crippen LogP contribution in [0.25, 0.3) is 0 Å². The topological polar surface area (TPSA) is 105 Å². The molecule has 2 rings (SSSR count). The van der Waals surface area contributed by atoms with E-state index < -0.39 is 23.2 Å². The third kappa shape index (κ3) is 3.75. The van der Waals surface area contributed by atoms with Crippen molar-refractivity contribution in [3.05, 3.63) is 18.2 Å². The van der Waals surface area contributed by atoms with E-state index in [2.05, 4.69) is 10.6 Å². The van der Waals surface area contributed by atoms with Crippen LogP contribution in [0.2, 0.25) is 0 Å². The van der Waals surface area contributed by atoms with Gasteiger partial charge < -0.3 is 20.5 Å². The monoisotopic (exact) mass is 348 g/mol. The summed E-state index contributed by atoms with van der Waals surface area (Å²) >= 11 is 0. The van der Waals surface area contributed by atoms with Gasteiger partial charge in [0, 0.05) is 17.7 Å². The Kier molecular flexibility index (Phi) is 5.06. The summed E-state index contributed by atoms with van der Waals surface area (Å²) in [6.07, 6.45) is 0. The van der Waals surface area contributed by atoms with Gasteiger partial charge in [-0.3, -0.25) is 14.4 Å². The lowest BCUT2D eigenvalue weighted by molar-refractivity contribution is -0.140. The molecule has 3 N–H and O–H groups in total. The van der Waals surface area contributed by atoms with Gasteiger partial charge in [0.25, 0.3) is 0 Å². The minimum absolute atomic E-state index is 0.140. The van der Waals surface area contributed by atoms with E-state index >= 15 is 0 Å². The highest BCUT2D eigenvalue weighted by Gasteiger charge is 2.65. The van der Waals surface area contributed by atoms with Crippen molar-refractivity contribution in [1.29, 1.82) is 0 Å². The maximum atomic E-state index is 12.4. The highest BCUT2D eigenvalue weighted by atomic mass is 16.5. The number of carboxylic acids is 1. The number of amides is 2. The summed E-state index contributed by atoms with van der Waals surface area (Å²) in [5.74, 6) is -2.45. The molecular formula is C18H24N2O5. The fraction of sp³-hybridized carbons (Fsp3) is 0.500. The Labute approximate surface area is 146 Å². The molecule has 7 heteroatoms. The average molecular weight is 348 g/mol. The Balaban J connectivity index is 2.12. The number of carbonyl (C=O) groups is 3. The SMILES string of the molecule is COc1cc(NC(=O)[C@H]2[C@H](C(=O)O)C2(C)C)ccc1NC(=O)C(C)C. The number of aliphatic carboxylic acids is 1. The van der Waals surface area contributed by atoms with Gasteiger partial charge in [0.1, 0.15) is 5.75 Å². The summed E-state index contributed by atoms with van der Waals surface area (Å²) in [6, 6.07) is 4.88. The lowest BCUT2D eigenvalue weighted by Crippen LogP contribution is -2.19. The fourth-order valence-corrected chi connectivity index (χ4v) is 2.96. The number of rotatable bonds is 6. The summed E-state index contributed by atoms with van der Waals surface area (Å²) in [5, 5.41) is 14.7. The highest BCUT2D eigenvalue weighted by molar-refractivity contribution is 6.00. The molecule has 0 spiro atoms. The standard InChI is InChI=1S/C18H24N2O5/c1-9(2)15(21)20-11-7-6-10(8-12(11)25-5)19-16(22)13-14(17(23)24)18(13,3)4/h6-9,13-14H,1-5H3,(H,19,22)(H,20,21)(H,23,24)/t13-,14-/m1/s1. The molecule has 0 heterocycles. The smallest absolute Gasteiger partial charge is 0.307 e. The molecule has 0 radical (unpaired) electrons. The number of benzene rings is 1. The lowest BCUT2D eigenvalue weighted by Gasteiger charge is -2.14. The fourth-order valence-electron chi connectivity index (χ4n) is 2.96. The minimum atomic E-state index is -0.963. The lowest BCUT2D eigenvalue weighted by atomic mass is 10.1. The van der Waals surface area contributed by atoms with E-state index in [1.807, 2.05) is 0 Å². The van der Waals surface area contributed by atoms with Gasteiger partial charge in [-0.05, 0) is 17.5 Å². The number of carbonyl (C=O) groups excluding carboxylic acids is 2. The zero-order valence-electron chi connectivity index (χ0n) is 15.0. The molecule has 2 atom stereocenters. The van der Waals surface area contributed by atoms with E-state index in [0.29, 0.717) is 17.1 Å². The molecule has 7 nitrogen and oxygen atoms in total. The molecule has 0 aliphatic heterocycles. The quantitative estimate of drug-likeness (QED) is 0.733. The van der Waals surface area contributed by atoms with Gasteiger partial charge in [0.15, 0.2) is 0 Å². The van der Waals surface area contributed by atoms with Gasteiger partial charge in [-0.1, -0.05) is 27.7 Å². The zero-order valence-corrected chi connectivity index (χ0v) is 15.0. The second-order valence-electron chi connectivity index (χ2n) is 7.16. The van der Waals surface area contributed by atoms with Gasteiger partial charge in [0.2, 0.25) is 11.8 Å². The van der Waals surface area contributed by atoms with Crippen LogP contribution in [0, 0.1) is 23.2 Å². The number of ether oxygens (including phenoxy) is 1. The Morgan fingerprint density at radius 1 is 1.16 bits per heavy atom. The maximum Gasteiger partial charge on any atom is 0.307 e. The summed E-state index contributed by atoms with van der Waals surface area (Å²) < 4.78 is 5.26. The van der Waals surface area contributed by atoms with Crippen molar-refractivity contribution in [3.63, 3.8) is 0 Å². The normalized spacial score (nSPS) is 20.7. The molecular weight excluding hydrogens is 324 g/mol. The van der Waals surface area contributed by atoms with E-state index in [1.165, 1.54) is 7.11 Å². The molecule has 0 unspecified atom stereocenters. The van der Waals surface area contributed by atoms with Crippen LogP contribution in [0.3, 0.4) is 0 Å². The molecule has 136 valence electrons. The van der Waals surface area contributed by atoms with Crippen molar-refractivity contribution in [1.82, 2.24) is 0 Å². The first-order valence-corrected chi connectivity index (χ1v) is 8.12. The van der Waals surface area contributed by atoms with E-state index in [0.717, 1.165) is 0 Å². The Hall–Kier alpha value is -2.57. The van der Waals surface area contributed by atoms with Gasteiger partial charge in [-0.2, -0.15) is 0 Å². The van der Waals surface area contributed by atoms with Crippen molar-refractivity contribution >= 4 is 29.2 Å². The molecule has 25 heavy (non-hydrogen) atoms. The van der Waals surface area contributed by atoms with Crippen LogP contribution in [0.1, 0.15) is 27.7 Å². The van der Waals surface area contributed by atoms with E-state index in [9.17, 15) is 19.5 Å². The minimum Gasteiger partial charge on any atom is -0.494 e.